The Morgan fingerprint density at radius 3 is 1.60 bits per heavy atom. The molecule has 20 heavy (non-hydrogen) atoms. The second-order valence-corrected chi connectivity index (χ2v) is 6.85. The van der Waals surface area contributed by atoms with Gasteiger partial charge in [0.05, 0.1) is 5.75 Å². The van der Waals surface area contributed by atoms with E-state index in [1.54, 1.807) is 0 Å². The van der Waals surface area contributed by atoms with Crippen LogP contribution in [0.3, 0.4) is 0 Å². The molecular weight excluding hydrogens is 285 g/mol. The summed E-state index contributed by atoms with van der Waals surface area (Å²) >= 11 is 0. The van der Waals surface area contributed by atoms with Crippen molar-refractivity contribution in [3.63, 3.8) is 0 Å². The van der Waals surface area contributed by atoms with Gasteiger partial charge in [0, 0.05) is 6.04 Å². The first-order valence-corrected chi connectivity index (χ1v) is 9.15. The summed E-state index contributed by atoms with van der Waals surface area (Å²) in [5.41, 5.74) is 5.67. The minimum absolute atomic E-state index is 0. The molecule has 0 saturated heterocycles. The monoisotopic (exact) mass is 319 g/mol. The second-order valence-electron chi connectivity index (χ2n) is 5.11. The molecule has 0 heterocycles. The zero-order chi connectivity index (χ0) is 15.1. The van der Waals surface area contributed by atoms with Crippen LogP contribution in [0.2, 0.25) is 0 Å². The van der Waals surface area contributed by atoms with Crippen molar-refractivity contribution >= 4 is 39.7 Å². The molecule has 0 aromatic carbocycles. The third-order valence-electron chi connectivity index (χ3n) is 2.88. The molecule has 6 heteroatoms. The van der Waals surface area contributed by atoms with E-state index in [1.165, 1.54) is 64.7 Å². The van der Waals surface area contributed by atoms with Crippen LogP contribution in [0.1, 0.15) is 78.6 Å². The molecule has 0 rings (SSSR count). The first-order chi connectivity index (χ1) is 8.83. The maximum absolute atomic E-state index is 9.56. The van der Waals surface area contributed by atoms with Crippen molar-refractivity contribution < 1.29 is 13.0 Å². The van der Waals surface area contributed by atoms with Gasteiger partial charge in [-0.1, -0.05) is 58.3 Å². The first-order valence-electron chi connectivity index (χ1n) is 7.54. The number of unbranched alkanes of at least 4 members (excludes halogenated alkanes) is 7. The fourth-order valence-corrected chi connectivity index (χ4v) is 1.60. The molecule has 0 saturated carbocycles. The number of nitrogens with two attached hydrogens (primary N) is 1. The summed E-state index contributed by atoms with van der Waals surface area (Å²) in [7, 11) is -3.66. The Labute approximate surface area is 148 Å². The molecule has 0 amide bonds. The van der Waals surface area contributed by atoms with Gasteiger partial charge >= 0.3 is 29.6 Å². The van der Waals surface area contributed by atoms with Crippen LogP contribution in [0.15, 0.2) is 0 Å². The van der Waals surface area contributed by atoms with Crippen molar-refractivity contribution in [2.75, 3.05) is 5.75 Å². The molecule has 0 aromatic heterocycles. The van der Waals surface area contributed by atoms with E-state index in [9.17, 15) is 8.42 Å². The molecular formula is C14H34NNaO3S. The molecule has 1 atom stereocenters. The standard InChI is InChI=1S/C12H27N.C2H6O3S.Na.H/c1-3-4-5-6-7-8-9-10-11-12(2)13;1-2-6(3,4)5;;/h12H,3-11,13H2,1-2H3;2H2,1H3,(H,3,4,5);;. The zero-order valence-corrected chi connectivity index (χ0v) is 13.7. The van der Waals surface area contributed by atoms with E-state index < -0.39 is 10.1 Å². The minimum atomic E-state index is -3.66. The van der Waals surface area contributed by atoms with Gasteiger partial charge in [0.1, 0.15) is 0 Å². The summed E-state index contributed by atoms with van der Waals surface area (Å²) in [6.07, 6.45) is 12.4. The van der Waals surface area contributed by atoms with E-state index in [4.69, 9.17) is 10.3 Å². The summed E-state index contributed by atoms with van der Waals surface area (Å²) in [4.78, 5) is 0. The van der Waals surface area contributed by atoms with E-state index in [1.807, 2.05) is 0 Å². The molecule has 120 valence electrons. The molecule has 0 aliphatic rings. The molecule has 0 spiro atoms. The Morgan fingerprint density at radius 1 is 0.950 bits per heavy atom. The molecule has 0 aliphatic heterocycles. The quantitative estimate of drug-likeness (QED) is 0.368. The van der Waals surface area contributed by atoms with Crippen molar-refractivity contribution in [1.29, 1.82) is 0 Å². The Balaban J connectivity index is -0.000000352. The Kier molecular flexibility index (Phi) is 23.1. The molecule has 0 aromatic rings. The summed E-state index contributed by atoms with van der Waals surface area (Å²) in [6, 6.07) is 0.403. The Hall–Kier alpha value is 0.870. The van der Waals surface area contributed by atoms with Crippen LogP contribution in [0, 0.1) is 0 Å². The van der Waals surface area contributed by atoms with Gasteiger partial charge in [-0.25, -0.2) is 0 Å². The fourth-order valence-electron chi connectivity index (χ4n) is 1.60. The Morgan fingerprint density at radius 2 is 1.30 bits per heavy atom. The van der Waals surface area contributed by atoms with E-state index >= 15 is 0 Å². The van der Waals surface area contributed by atoms with Crippen LogP contribution in [0.5, 0.6) is 0 Å². The number of hydrogen-bond acceptors (Lipinski definition) is 3. The molecule has 4 nitrogen and oxygen atoms in total. The third kappa shape index (κ3) is 31.3. The molecule has 0 aliphatic carbocycles. The van der Waals surface area contributed by atoms with Crippen LogP contribution in [0.25, 0.3) is 0 Å². The summed E-state index contributed by atoms with van der Waals surface area (Å²) in [5, 5.41) is 0. The van der Waals surface area contributed by atoms with Crippen LogP contribution in [0.4, 0.5) is 0 Å². The van der Waals surface area contributed by atoms with E-state index in [0.29, 0.717) is 6.04 Å². The maximum atomic E-state index is 9.56. The van der Waals surface area contributed by atoms with Crippen LogP contribution >= 0.6 is 0 Å². The van der Waals surface area contributed by atoms with Crippen molar-refractivity contribution in [2.24, 2.45) is 5.73 Å². The van der Waals surface area contributed by atoms with E-state index in [-0.39, 0.29) is 35.3 Å². The van der Waals surface area contributed by atoms with Crippen LogP contribution in [-0.2, 0) is 10.1 Å². The topological polar surface area (TPSA) is 80.4 Å². The second kappa shape index (κ2) is 17.9. The SMILES string of the molecule is CCCCCCCCCCC(C)N.CCS(=O)(=O)O.[NaH]. The van der Waals surface area contributed by atoms with E-state index in [0.717, 1.165) is 0 Å². The van der Waals surface area contributed by atoms with Gasteiger partial charge < -0.3 is 5.73 Å². The average molecular weight is 319 g/mol. The van der Waals surface area contributed by atoms with Gasteiger partial charge in [-0.3, -0.25) is 4.55 Å². The van der Waals surface area contributed by atoms with Crippen molar-refractivity contribution in [2.45, 2.75) is 84.6 Å². The summed E-state index contributed by atoms with van der Waals surface area (Å²) < 4.78 is 26.9. The third-order valence-corrected chi connectivity index (χ3v) is 3.61. The first kappa shape index (κ1) is 25.8. The van der Waals surface area contributed by atoms with Crippen LogP contribution < -0.4 is 5.73 Å². The van der Waals surface area contributed by atoms with Crippen molar-refractivity contribution in [1.82, 2.24) is 0 Å². The predicted molar refractivity (Wildman–Crippen MR) is 90.1 cm³/mol. The molecule has 0 radical (unpaired) electrons. The summed E-state index contributed by atoms with van der Waals surface area (Å²) in [6.45, 7) is 5.74. The van der Waals surface area contributed by atoms with Gasteiger partial charge in [0.25, 0.3) is 10.1 Å². The van der Waals surface area contributed by atoms with Gasteiger partial charge in [0.15, 0.2) is 0 Å². The number of hydrogen-bond donors (Lipinski definition) is 2. The van der Waals surface area contributed by atoms with Gasteiger partial charge in [-0.15, -0.1) is 0 Å². The molecule has 3 N–H and O–H groups in total. The normalized spacial score (nSPS) is 12.1. The predicted octanol–water partition coefficient (Wildman–Crippen LogP) is 3.11. The van der Waals surface area contributed by atoms with Crippen LogP contribution in [-0.4, -0.2) is 54.3 Å². The molecule has 1 unspecified atom stereocenters. The summed E-state index contributed by atoms with van der Waals surface area (Å²) in [5.74, 6) is -0.201. The average Bonchev–Trinajstić information content (AvgIpc) is 2.32. The molecule has 0 fully saturated rings. The van der Waals surface area contributed by atoms with E-state index in [2.05, 4.69) is 13.8 Å². The Bertz CT molecular complexity index is 270. The number of rotatable bonds is 10. The molecule has 0 bridgehead atoms. The van der Waals surface area contributed by atoms with Gasteiger partial charge in [-0.05, 0) is 20.3 Å². The van der Waals surface area contributed by atoms with Crippen molar-refractivity contribution in [3.05, 3.63) is 0 Å². The van der Waals surface area contributed by atoms with Gasteiger partial charge in [0.2, 0.25) is 0 Å². The fraction of sp³-hybridized carbons (Fsp3) is 1.00. The van der Waals surface area contributed by atoms with Crippen molar-refractivity contribution in [3.8, 4) is 0 Å². The zero-order valence-electron chi connectivity index (χ0n) is 12.9. The van der Waals surface area contributed by atoms with Gasteiger partial charge in [-0.2, -0.15) is 8.42 Å².